The SMILES string of the molecule is COc1ccc(OC(C)C(=O)Nc2ccccc2C(=O)N2CCN(C)CC2)cc1. The van der Waals surface area contributed by atoms with Gasteiger partial charge < -0.3 is 24.6 Å². The van der Waals surface area contributed by atoms with Crippen LogP contribution in [0.25, 0.3) is 0 Å². The van der Waals surface area contributed by atoms with Crippen LogP contribution in [0.1, 0.15) is 17.3 Å². The third-order valence-electron chi connectivity index (χ3n) is 4.95. The van der Waals surface area contributed by atoms with Crippen LogP contribution in [0, 0.1) is 0 Å². The molecule has 0 aliphatic carbocycles. The summed E-state index contributed by atoms with van der Waals surface area (Å²) < 4.78 is 10.8. The Labute approximate surface area is 171 Å². The van der Waals surface area contributed by atoms with Gasteiger partial charge in [0.25, 0.3) is 11.8 Å². The fourth-order valence-electron chi connectivity index (χ4n) is 3.10. The number of hydrogen-bond acceptors (Lipinski definition) is 5. The Balaban J connectivity index is 1.66. The minimum Gasteiger partial charge on any atom is -0.497 e. The second-order valence-corrected chi connectivity index (χ2v) is 7.07. The van der Waals surface area contributed by atoms with E-state index >= 15 is 0 Å². The second-order valence-electron chi connectivity index (χ2n) is 7.07. The van der Waals surface area contributed by atoms with Crippen molar-refractivity contribution in [3.63, 3.8) is 0 Å². The molecule has 0 aromatic heterocycles. The Morgan fingerprint density at radius 3 is 2.24 bits per heavy atom. The van der Waals surface area contributed by atoms with Crippen molar-refractivity contribution in [1.29, 1.82) is 0 Å². The Kier molecular flexibility index (Phi) is 6.72. The van der Waals surface area contributed by atoms with Crippen LogP contribution >= 0.6 is 0 Å². The number of carbonyl (C=O) groups is 2. The normalized spacial score (nSPS) is 15.5. The number of anilines is 1. The Morgan fingerprint density at radius 1 is 0.966 bits per heavy atom. The summed E-state index contributed by atoms with van der Waals surface area (Å²) in [4.78, 5) is 29.6. The molecule has 1 unspecified atom stereocenters. The van der Waals surface area contributed by atoms with E-state index in [0.717, 1.165) is 13.1 Å². The molecule has 1 heterocycles. The minimum atomic E-state index is -0.727. The predicted molar refractivity (Wildman–Crippen MR) is 112 cm³/mol. The van der Waals surface area contributed by atoms with E-state index in [2.05, 4.69) is 10.2 Å². The number of likely N-dealkylation sites (N-methyl/N-ethyl adjacent to an activating group) is 1. The summed E-state index contributed by atoms with van der Waals surface area (Å²) >= 11 is 0. The number of carbonyl (C=O) groups excluding carboxylic acids is 2. The van der Waals surface area contributed by atoms with E-state index in [9.17, 15) is 9.59 Å². The molecule has 7 heteroatoms. The molecule has 7 nitrogen and oxygen atoms in total. The van der Waals surface area contributed by atoms with Crippen molar-refractivity contribution in [2.24, 2.45) is 0 Å². The van der Waals surface area contributed by atoms with Gasteiger partial charge in [-0.3, -0.25) is 9.59 Å². The molecule has 29 heavy (non-hydrogen) atoms. The Hall–Kier alpha value is -3.06. The van der Waals surface area contributed by atoms with Crippen molar-refractivity contribution in [3.05, 3.63) is 54.1 Å². The number of ether oxygens (including phenoxy) is 2. The van der Waals surface area contributed by atoms with Crippen LogP contribution < -0.4 is 14.8 Å². The standard InChI is InChI=1S/C22H27N3O4/c1-16(29-18-10-8-17(28-3)9-11-18)21(26)23-20-7-5-4-6-19(20)22(27)25-14-12-24(2)13-15-25/h4-11,16H,12-15H2,1-3H3,(H,23,26). The van der Waals surface area contributed by atoms with E-state index in [1.54, 1.807) is 62.6 Å². The molecule has 0 spiro atoms. The Bertz CT molecular complexity index is 845. The molecule has 1 aliphatic rings. The largest absolute Gasteiger partial charge is 0.497 e. The topological polar surface area (TPSA) is 71.1 Å². The molecule has 1 aliphatic heterocycles. The van der Waals surface area contributed by atoms with Crippen LogP contribution in [0.3, 0.4) is 0 Å². The van der Waals surface area contributed by atoms with Gasteiger partial charge in [0.05, 0.1) is 18.4 Å². The molecule has 2 aromatic carbocycles. The first-order valence-electron chi connectivity index (χ1n) is 9.66. The number of methoxy groups -OCH3 is 1. The van der Waals surface area contributed by atoms with Gasteiger partial charge in [0.2, 0.25) is 0 Å². The van der Waals surface area contributed by atoms with E-state index in [4.69, 9.17) is 9.47 Å². The van der Waals surface area contributed by atoms with Gasteiger partial charge in [0, 0.05) is 26.2 Å². The lowest BCUT2D eigenvalue weighted by Gasteiger charge is -2.32. The van der Waals surface area contributed by atoms with Crippen LogP contribution in [0.15, 0.2) is 48.5 Å². The molecule has 1 fully saturated rings. The lowest BCUT2D eigenvalue weighted by Crippen LogP contribution is -2.47. The van der Waals surface area contributed by atoms with Gasteiger partial charge in [0.15, 0.2) is 6.10 Å². The summed E-state index contributed by atoms with van der Waals surface area (Å²) in [5.74, 6) is 0.887. The van der Waals surface area contributed by atoms with Crippen LogP contribution in [-0.2, 0) is 4.79 Å². The van der Waals surface area contributed by atoms with E-state index in [0.29, 0.717) is 35.8 Å². The molecule has 0 radical (unpaired) electrons. The van der Waals surface area contributed by atoms with Crippen LogP contribution in [0.4, 0.5) is 5.69 Å². The maximum atomic E-state index is 12.9. The van der Waals surface area contributed by atoms with E-state index in [1.165, 1.54) is 0 Å². The van der Waals surface area contributed by atoms with Crippen molar-refractivity contribution in [1.82, 2.24) is 9.80 Å². The molecule has 2 aromatic rings. The van der Waals surface area contributed by atoms with Crippen LogP contribution in [-0.4, -0.2) is 68.1 Å². The summed E-state index contributed by atoms with van der Waals surface area (Å²) in [6, 6.07) is 14.1. The van der Waals surface area contributed by atoms with Crippen molar-refractivity contribution in [3.8, 4) is 11.5 Å². The van der Waals surface area contributed by atoms with E-state index in [1.807, 2.05) is 11.9 Å². The average molecular weight is 397 g/mol. The zero-order valence-corrected chi connectivity index (χ0v) is 17.1. The number of para-hydroxylation sites is 1. The summed E-state index contributed by atoms with van der Waals surface area (Å²) in [5.41, 5.74) is 0.980. The lowest BCUT2D eigenvalue weighted by atomic mass is 10.1. The second kappa shape index (κ2) is 9.43. The van der Waals surface area contributed by atoms with Crippen molar-refractivity contribution in [2.45, 2.75) is 13.0 Å². The molecule has 2 amide bonds. The van der Waals surface area contributed by atoms with Gasteiger partial charge in [-0.15, -0.1) is 0 Å². The number of amides is 2. The molecule has 1 saturated heterocycles. The third-order valence-corrected chi connectivity index (χ3v) is 4.95. The highest BCUT2D eigenvalue weighted by Gasteiger charge is 2.24. The molecule has 1 atom stereocenters. The van der Waals surface area contributed by atoms with Gasteiger partial charge >= 0.3 is 0 Å². The van der Waals surface area contributed by atoms with Gasteiger partial charge in [-0.05, 0) is 50.4 Å². The summed E-state index contributed by atoms with van der Waals surface area (Å²) in [6.07, 6.45) is -0.727. The fraction of sp³-hybridized carbons (Fsp3) is 0.364. The molecular weight excluding hydrogens is 370 g/mol. The maximum absolute atomic E-state index is 12.9. The summed E-state index contributed by atoms with van der Waals surface area (Å²) in [7, 11) is 3.63. The van der Waals surface area contributed by atoms with E-state index in [-0.39, 0.29) is 11.8 Å². The smallest absolute Gasteiger partial charge is 0.265 e. The first kappa shape index (κ1) is 20.7. The highest BCUT2D eigenvalue weighted by molar-refractivity contribution is 6.04. The summed E-state index contributed by atoms with van der Waals surface area (Å²) in [5, 5.41) is 2.84. The van der Waals surface area contributed by atoms with E-state index < -0.39 is 6.10 Å². The monoisotopic (exact) mass is 397 g/mol. The molecule has 1 N–H and O–H groups in total. The third kappa shape index (κ3) is 5.26. The fourth-order valence-corrected chi connectivity index (χ4v) is 3.10. The van der Waals surface area contributed by atoms with Gasteiger partial charge in [-0.2, -0.15) is 0 Å². The number of piperazine rings is 1. The van der Waals surface area contributed by atoms with Gasteiger partial charge in [-0.25, -0.2) is 0 Å². The van der Waals surface area contributed by atoms with Crippen LogP contribution in [0.2, 0.25) is 0 Å². The summed E-state index contributed by atoms with van der Waals surface area (Å²) in [6.45, 7) is 4.70. The van der Waals surface area contributed by atoms with Gasteiger partial charge in [-0.1, -0.05) is 12.1 Å². The lowest BCUT2D eigenvalue weighted by molar-refractivity contribution is -0.122. The quantitative estimate of drug-likeness (QED) is 0.811. The highest BCUT2D eigenvalue weighted by Crippen LogP contribution is 2.21. The molecule has 3 rings (SSSR count). The van der Waals surface area contributed by atoms with Crippen LogP contribution in [0.5, 0.6) is 11.5 Å². The number of nitrogens with zero attached hydrogens (tertiary/aromatic N) is 2. The number of rotatable bonds is 6. The molecular formula is C22H27N3O4. The zero-order valence-electron chi connectivity index (χ0n) is 17.1. The van der Waals surface area contributed by atoms with Crippen molar-refractivity contribution < 1.29 is 19.1 Å². The number of nitrogens with one attached hydrogen (secondary N) is 1. The maximum Gasteiger partial charge on any atom is 0.265 e. The minimum absolute atomic E-state index is 0.0716. The first-order valence-corrected chi connectivity index (χ1v) is 9.66. The molecule has 0 bridgehead atoms. The zero-order chi connectivity index (χ0) is 20.8. The average Bonchev–Trinajstić information content (AvgIpc) is 2.74. The number of benzene rings is 2. The highest BCUT2D eigenvalue weighted by atomic mass is 16.5. The number of hydrogen-bond donors (Lipinski definition) is 1. The Morgan fingerprint density at radius 2 is 1.59 bits per heavy atom. The first-order chi connectivity index (χ1) is 14.0. The molecule has 0 saturated carbocycles. The van der Waals surface area contributed by atoms with Crippen molar-refractivity contribution >= 4 is 17.5 Å². The molecule has 154 valence electrons. The van der Waals surface area contributed by atoms with Crippen molar-refractivity contribution in [2.75, 3.05) is 45.7 Å². The predicted octanol–water partition coefficient (Wildman–Crippen LogP) is 2.49. The van der Waals surface area contributed by atoms with Gasteiger partial charge in [0.1, 0.15) is 11.5 Å².